The minimum absolute atomic E-state index is 0. The molecule has 0 aliphatic rings. The van der Waals surface area contributed by atoms with E-state index in [1.807, 2.05) is 0 Å². The molecule has 0 atom stereocenters. The van der Waals surface area contributed by atoms with Crippen LogP contribution < -0.4 is 0 Å². The fourth-order valence-electron chi connectivity index (χ4n) is 0. The Morgan fingerprint density at radius 2 is 0.517 bits per heavy atom. The maximum atomic E-state index is 8.82. The first-order valence-electron chi connectivity index (χ1n) is 3.37. The average Bonchev–Trinajstić information content (AvgIpc) is 1.79. The predicted octanol–water partition coefficient (Wildman–Crippen LogP) is -7.09. The molecule has 0 spiro atoms. The van der Waals surface area contributed by atoms with Gasteiger partial charge >= 0.3 is 131 Å². The molecule has 0 unspecified atom stereocenters. The summed E-state index contributed by atoms with van der Waals surface area (Å²) in [5.41, 5.74) is 0. The van der Waals surface area contributed by atoms with Crippen LogP contribution in [0.25, 0.3) is 0 Å². The molecule has 0 aromatic rings. The smallest absolute Gasteiger partial charge is 2.00 e. The zero-order chi connectivity index (χ0) is 22.5. The number of hydrogen-bond acceptors (Lipinski definition) is 18. The van der Waals surface area contributed by atoms with Gasteiger partial charge in [-0.05, 0) is 0 Å². The van der Waals surface area contributed by atoms with Crippen LogP contribution in [0.5, 0.6) is 0 Å². The summed E-state index contributed by atoms with van der Waals surface area (Å²) >= 11 is -5.25. The molecule has 169 valence electrons. The second-order valence-electron chi connectivity index (χ2n) is 2.08. The van der Waals surface area contributed by atoms with Crippen molar-refractivity contribution in [2.24, 2.45) is 0 Å². The van der Waals surface area contributed by atoms with Crippen LogP contribution in [-0.4, -0.2) is 116 Å². The Morgan fingerprint density at radius 1 is 0.517 bits per heavy atom. The summed E-state index contributed by atoms with van der Waals surface area (Å²) in [5.74, 6) is 0. The van der Waals surface area contributed by atoms with Gasteiger partial charge < -0.3 is 36.4 Å². The molecule has 29 heteroatoms. The minimum atomic E-state index is -5.25. The van der Waals surface area contributed by atoms with Gasteiger partial charge in [0.25, 0.3) is 0 Å². The van der Waals surface area contributed by atoms with E-state index in [4.69, 9.17) is 86.0 Å². The predicted molar refractivity (Wildman–Crippen MR) is 53.5 cm³/mol. The van der Waals surface area contributed by atoms with E-state index >= 15 is 0 Å². The van der Waals surface area contributed by atoms with Crippen LogP contribution in [0.2, 0.25) is 0 Å². The molecule has 0 aromatic heterocycles. The summed E-state index contributed by atoms with van der Waals surface area (Å²) in [6, 6.07) is 0. The van der Waals surface area contributed by atoms with Crippen LogP contribution >= 0.6 is 0 Å². The third-order valence-electron chi connectivity index (χ3n) is 0. The van der Waals surface area contributed by atoms with Gasteiger partial charge in [-0.2, -0.15) is 0 Å². The molecule has 29 heavy (non-hydrogen) atoms. The van der Waals surface area contributed by atoms with E-state index in [9.17, 15) is 0 Å². The van der Waals surface area contributed by atoms with E-state index in [2.05, 4.69) is 0 Å². The molecule has 0 rings (SSSR count). The van der Waals surface area contributed by atoms with E-state index < -0.39 is 55.2 Å². The molecule has 0 bridgehead atoms. The summed E-state index contributed by atoms with van der Waals surface area (Å²) in [6.07, 6.45) is 0. The van der Waals surface area contributed by atoms with Gasteiger partial charge in [0.05, 0.1) is 0 Å². The Morgan fingerprint density at radius 3 is 0.517 bits per heavy atom. The summed E-state index contributed by atoms with van der Waals surface area (Å²) in [4.78, 5) is 0. The standard InChI is InChI=1S/Ca.Cd.Cr.Cu.4H2O4S.2H2O.2O.Zn/c;;;;4*1-5(2,3)4;;;;;/h;;;;4*(H2,1,2,3,4);2*1H2;;;/q4*+2;;;;;;;;;+2/p-10. The molecule has 0 aliphatic heterocycles. The van der Waals surface area contributed by atoms with Crippen LogP contribution in [-0.2, 0) is 127 Å². The Labute approximate surface area is 239 Å². The fourth-order valence-corrected chi connectivity index (χ4v) is 0. The molecular formula is H2CaCdCrCuO20S4Zn. The molecule has 0 aromatic carbocycles. The molecule has 0 amide bonds. The Balaban J connectivity index is -0.0000000238. The van der Waals surface area contributed by atoms with E-state index in [0.717, 1.165) is 0 Å². The maximum Gasteiger partial charge on any atom is 2.00 e. The third kappa shape index (κ3) is 3150. The van der Waals surface area contributed by atoms with Crippen LogP contribution in [0.4, 0.5) is 0 Å². The Kier molecular flexibility index (Phi) is 51.0. The topological polar surface area (TPSA) is 396 Å². The molecule has 0 heterocycles. The Hall–Kier alpha value is 2.86. The van der Waals surface area contributed by atoms with E-state index in [-0.39, 0.29) is 102 Å². The molecule has 20 nitrogen and oxygen atoms in total. The van der Waals surface area contributed by atoms with Crippen molar-refractivity contribution in [2.75, 3.05) is 0 Å². The van der Waals surface area contributed by atoms with Crippen molar-refractivity contribution < 1.29 is 163 Å². The molecule has 0 saturated heterocycles. The number of hydrogen-bond donors (Lipinski definition) is 2. The average molecular weight is 784 g/mol. The first kappa shape index (κ1) is 58.1. The second-order valence-corrected chi connectivity index (χ2v) is 6.75. The van der Waals surface area contributed by atoms with Gasteiger partial charge in [0.2, 0.25) is 0 Å². The van der Waals surface area contributed by atoms with Gasteiger partial charge in [0.15, 0.2) is 0 Å². The fraction of sp³-hybridized carbons (Fsp3) is 0. The van der Waals surface area contributed by atoms with Gasteiger partial charge in [-0.15, -0.1) is 0 Å². The van der Waals surface area contributed by atoms with Gasteiger partial charge in [0, 0.05) is 41.6 Å². The molecule has 1 radical (unpaired) electrons. The van der Waals surface area contributed by atoms with Crippen molar-refractivity contribution in [3.05, 3.63) is 0 Å². The third-order valence-corrected chi connectivity index (χ3v) is 0. The first-order valence-corrected chi connectivity index (χ1v) is 10.9. The largest absolute Gasteiger partial charge is 2.00 e. The zero-order valence-corrected chi connectivity index (χ0v) is 27.4. The normalized spacial score (nSPS) is 10.0. The molecule has 0 aliphatic carbocycles. The Bertz CT molecular complexity index is 637. The summed E-state index contributed by atoms with van der Waals surface area (Å²) in [5, 5.41) is 0. The van der Waals surface area contributed by atoms with Crippen molar-refractivity contribution in [1.29, 1.82) is 0 Å². The van der Waals surface area contributed by atoms with Gasteiger partial charge in [-0.1, -0.05) is 0 Å². The van der Waals surface area contributed by atoms with Crippen molar-refractivity contribution in [2.45, 2.75) is 0 Å². The molecule has 0 fully saturated rings. The first-order chi connectivity index (χ1) is 10.0. The van der Waals surface area contributed by atoms with Crippen LogP contribution in [0, 0.1) is 0 Å². The van der Waals surface area contributed by atoms with Gasteiger partial charge in [0.1, 0.15) is 0 Å². The van der Waals surface area contributed by atoms with Gasteiger partial charge in [-0.25, -0.2) is 0 Å². The van der Waals surface area contributed by atoms with Crippen molar-refractivity contribution in [1.82, 2.24) is 0 Å². The van der Waals surface area contributed by atoms with E-state index in [1.54, 1.807) is 0 Å². The van der Waals surface area contributed by atoms with Crippen LogP contribution in [0.1, 0.15) is 0 Å². The van der Waals surface area contributed by atoms with Crippen molar-refractivity contribution in [3.8, 4) is 0 Å². The molecule has 0 saturated carbocycles. The van der Waals surface area contributed by atoms with Crippen LogP contribution in [0.3, 0.4) is 0 Å². The van der Waals surface area contributed by atoms with Crippen LogP contribution in [0.15, 0.2) is 0 Å². The zero-order valence-electron chi connectivity index (χ0n) is 12.7. The quantitative estimate of drug-likeness (QED) is 0.131. The number of rotatable bonds is 0. The van der Waals surface area contributed by atoms with E-state index in [1.165, 1.54) is 0 Å². The van der Waals surface area contributed by atoms with Crippen molar-refractivity contribution >= 4 is 79.3 Å². The second kappa shape index (κ2) is 25.5. The van der Waals surface area contributed by atoms with Crippen molar-refractivity contribution in [3.63, 3.8) is 0 Å². The summed E-state index contributed by atoms with van der Waals surface area (Å²) in [7, 11) is -20.7. The summed E-state index contributed by atoms with van der Waals surface area (Å²) < 4.78 is 168. The SMILES string of the molecule is O=S(=O)([O-])[O-].O=S(=O)([O-])[O-].O=S(=O)([O-])[O-].O=S(=O)([O-])[O-].[Ca+2].[Cd+2].[Cu+2].[O]=[Cr](=[O])([OH])[OH].[Zn+2]. The summed E-state index contributed by atoms with van der Waals surface area (Å²) in [6.45, 7) is 0. The molecular weight excluding hydrogens is 782 g/mol. The van der Waals surface area contributed by atoms with E-state index in [0.29, 0.717) is 0 Å². The molecule has 2 N–H and O–H groups in total. The monoisotopic (exact) mass is 782 g/mol. The van der Waals surface area contributed by atoms with Gasteiger partial charge in [-0.3, -0.25) is 33.7 Å². The maximum absolute atomic E-state index is 8.82. The minimum Gasteiger partial charge on any atom is 2.00 e.